The lowest BCUT2D eigenvalue weighted by atomic mass is 10.1. The van der Waals surface area contributed by atoms with Gasteiger partial charge in [0.1, 0.15) is 0 Å². The summed E-state index contributed by atoms with van der Waals surface area (Å²) >= 11 is 0. The van der Waals surface area contributed by atoms with Gasteiger partial charge in [0, 0.05) is 17.7 Å². The molecule has 0 saturated carbocycles. The van der Waals surface area contributed by atoms with Crippen molar-refractivity contribution in [1.29, 1.82) is 0 Å². The van der Waals surface area contributed by atoms with Crippen LogP contribution in [-0.2, 0) is 0 Å². The molecule has 0 fully saturated rings. The molecule has 0 aromatic heterocycles. The third-order valence-corrected chi connectivity index (χ3v) is 2.45. The van der Waals surface area contributed by atoms with Crippen LogP contribution >= 0.6 is 0 Å². The molecular weight excluding hydrogens is 218 g/mol. The monoisotopic (exact) mass is 231 g/mol. The van der Waals surface area contributed by atoms with Crippen LogP contribution in [0.2, 0.25) is 0 Å². The van der Waals surface area contributed by atoms with Crippen molar-refractivity contribution in [2.24, 2.45) is 0 Å². The van der Waals surface area contributed by atoms with Gasteiger partial charge in [-0.05, 0) is 24.3 Å². The van der Waals surface area contributed by atoms with Crippen molar-refractivity contribution in [3.8, 4) is 0 Å². The maximum absolute atomic E-state index is 11.8. The Kier molecular flexibility index (Phi) is 3.08. The maximum Gasteiger partial charge on any atom is 0.255 e. The van der Waals surface area contributed by atoms with Gasteiger partial charge in [-0.3, -0.25) is 4.79 Å². The topological polar surface area (TPSA) is 69.6 Å². The van der Waals surface area contributed by atoms with Crippen molar-refractivity contribution < 1.29 is 15.0 Å². The highest BCUT2D eigenvalue weighted by atomic mass is 16.5. The third kappa shape index (κ3) is 3.03. The largest absolute Gasteiger partial charge is 0.362 e. The van der Waals surface area contributed by atoms with E-state index >= 15 is 0 Å². The number of aliphatic hydroxyl groups is 2. The fraction of sp³-hybridized carbons (Fsp3) is 0.154. The SMILES string of the molecule is O=C(NC1=CCC(O)(O)C=C1)c1ccccc1. The van der Waals surface area contributed by atoms with Crippen LogP contribution in [0.4, 0.5) is 0 Å². The minimum Gasteiger partial charge on any atom is -0.362 e. The summed E-state index contributed by atoms with van der Waals surface area (Å²) in [6, 6.07) is 8.83. The molecule has 1 aromatic rings. The van der Waals surface area contributed by atoms with Crippen LogP contribution in [0.5, 0.6) is 0 Å². The Labute approximate surface area is 98.9 Å². The number of hydrogen-bond acceptors (Lipinski definition) is 3. The Balaban J connectivity index is 2.02. The molecule has 0 radical (unpaired) electrons. The molecule has 0 bridgehead atoms. The average Bonchev–Trinajstić information content (AvgIpc) is 2.33. The lowest BCUT2D eigenvalue weighted by Gasteiger charge is -2.20. The summed E-state index contributed by atoms with van der Waals surface area (Å²) in [4.78, 5) is 11.8. The smallest absolute Gasteiger partial charge is 0.255 e. The number of allylic oxidation sites excluding steroid dienone is 1. The van der Waals surface area contributed by atoms with E-state index < -0.39 is 5.79 Å². The predicted octanol–water partition coefficient (Wildman–Crippen LogP) is 0.941. The first-order valence-corrected chi connectivity index (χ1v) is 5.27. The molecule has 0 atom stereocenters. The predicted molar refractivity (Wildman–Crippen MR) is 62.9 cm³/mol. The van der Waals surface area contributed by atoms with Crippen molar-refractivity contribution in [2.45, 2.75) is 12.2 Å². The molecule has 1 aliphatic carbocycles. The fourth-order valence-electron chi connectivity index (χ4n) is 1.50. The van der Waals surface area contributed by atoms with Crippen molar-refractivity contribution >= 4 is 5.91 Å². The fourth-order valence-corrected chi connectivity index (χ4v) is 1.50. The van der Waals surface area contributed by atoms with Gasteiger partial charge in [-0.15, -0.1) is 0 Å². The van der Waals surface area contributed by atoms with Crippen LogP contribution in [0.25, 0.3) is 0 Å². The van der Waals surface area contributed by atoms with E-state index in [4.69, 9.17) is 0 Å². The van der Waals surface area contributed by atoms with E-state index in [1.807, 2.05) is 6.07 Å². The second kappa shape index (κ2) is 4.53. The van der Waals surface area contributed by atoms with Gasteiger partial charge in [0.15, 0.2) is 5.79 Å². The zero-order valence-corrected chi connectivity index (χ0v) is 9.13. The minimum absolute atomic E-state index is 0.0634. The number of carbonyl (C=O) groups is 1. The third-order valence-electron chi connectivity index (χ3n) is 2.45. The van der Waals surface area contributed by atoms with Crippen LogP contribution in [0.3, 0.4) is 0 Å². The van der Waals surface area contributed by atoms with Gasteiger partial charge in [-0.1, -0.05) is 24.3 Å². The van der Waals surface area contributed by atoms with Crippen LogP contribution < -0.4 is 5.32 Å². The van der Waals surface area contributed by atoms with Crippen molar-refractivity contribution in [3.05, 3.63) is 59.8 Å². The molecule has 0 aliphatic heterocycles. The van der Waals surface area contributed by atoms with Crippen molar-refractivity contribution in [2.75, 3.05) is 0 Å². The number of hydrogen-bond donors (Lipinski definition) is 3. The molecule has 0 heterocycles. The maximum atomic E-state index is 11.8. The molecule has 1 aliphatic rings. The summed E-state index contributed by atoms with van der Waals surface area (Å²) in [5.41, 5.74) is 1.13. The highest BCUT2D eigenvalue weighted by Crippen LogP contribution is 2.16. The highest BCUT2D eigenvalue weighted by molar-refractivity contribution is 5.95. The Morgan fingerprint density at radius 2 is 1.94 bits per heavy atom. The van der Waals surface area contributed by atoms with E-state index in [2.05, 4.69) is 5.32 Å². The van der Waals surface area contributed by atoms with Gasteiger partial charge in [0.05, 0.1) is 0 Å². The van der Waals surface area contributed by atoms with Gasteiger partial charge in [-0.25, -0.2) is 0 Å². The standard InChI is InChI=1S/C13H13NO3/c15-12(10-4-2-1-3-5-10)14-11-6-8-13(16,17)9-7-11/h1-8,16-17H,9H2,(H,14,15). The summed E-state index contributed by atoms with van der Waals surface area (Å²) in [5, 5.41) is 21.2. The van der Waals surface area contributed by atoms with Gasteiger partial charge in [-0.2, -0.15) is 0 Å². The summed E-state index contributed by atoms with van der Waals surface area (Å²) < 4.78 is 0. The second-order valence-corrected chi connectivity index (χ2v) is 3.90. The Morgan fingerprint density at radius 1 is 1.24 bits per heavy atom. The van der Waals surface area contributed by atoms with Gasteiger partial charge in [0.2, 0.25) is 0 Å². The molecule has 0 saturated heterocycles. The van der Waals surface area contributed by atoms with E-state index in [1.54, 1.807) is 30.3 Å². The number of nitrogens with one attached hydrogen (secondary N) is 1. The summed E-state index contributed by atoms with van der Waals surface area (Å²) in [6.07, 6.45) is 4.35. The van der Waals surface area contributed by atoms with Crippen LogP contribution in [-0.4, -0.2) is 21.9 Å². The minimum atomic E-state index is -1.80. The normalized spacial score (nSPS) is 17.4. The van der Waals surface area contributed by atoms with Gasteiger partial charge < -0.3 is 15.5 Å². The van der Waals surface area contributed by atoms with E-state index in [9.17, 15) is 15.0 Å². The molecule has 4 heteroatoms. The van der Waals surface area contributed by atoms with Gasteiger partial charge in [0.25, 0.3) is 5.91 Å². The molecular formula is C13H13NO3. The summed E-state index contributed by atoms with van der Waals surface area (Å²) in [7, 11) is 0. The first-order chi connectivity index (χ1) is 8.07. The number of carbonyl (C=O) groups excluding carboxylic acids is 1. The zero-order chi connectivity index (χ0) is 12.3. The number of rotatable bonds is 2. The highest BCUT2D eigenvalue weighted by Gasteiger charge is 2.21. The Bertz CT molecular complexity index is 475. The molecule has 2 rings (SSSR count). The van der Waals surface area contributed by atoms with Crippen molar-refractivity contribution in [3.63, 3.8) is 0 Å². The van der Waals surface area contributed by atoms with Crippen LogP contribution in [0, 0.1) is 0 Å². The average molecular weight is 231 g/mol. The van der Waals surface area contributed by atoms with Crippen LogP contribution in [0.1, 0.15) is 16.8 Å². The van der Waals surface area contributed by atoms with E-state index in [1.165, 1.54) is 12.2 Å². The molecule has 88 valence electrons. The first kappa shape index (κ1) is 11.6. The lowest BCUT2D eigenvalue weighted by Crippen LogP contribution is -2.29. The Morgan fingerprint density at radius 3 is 2.53 bits per heavy atom. The molecule has 1 aromatic carbocycles. The number of amides is 1. The number of benzene rings is 1. The second-order valence-electron chi connectivity index (χ2n) is 3.90. The molecule has 17 heavy (non-hydrogen) atoms. The summed E-state index contributed by atoms with van der Waals surface area (Å²) in [5.74, 6) is -2.02. The first-order valence-electron chi connectivity index (χ1n) is 5.27. The molecule has 3 N–H and O–H groups in total. The lowest BCUT2D eigenvalue weighted by molar-refractivity contribution is -0.115. The molecule has 1 amide bonds. The van der Waals surface area contributed by atoms with Gasteiger partial charge >= 0.3 is 0 Å². The van der Waals surface area contributed by atoms with E-state index in [0.717, 1.165) is 0 Å². The quantitative estimate of drug-likeness (QED) is 0.663. The molecule has 4 nitrogen and oxygen atoms in total. The Hall–Kier alpha value is -1.91. The van der Waals surface area contributed by atoms with Crippen molar-refractivity contribution in [1.82, 2.24) is 5.32 Å². The van der Waals surface area contributed by atoms with E-state index in [0.29, 0.717) is 11.3 Å². The molecule has 0 unspecified atom stereocenters. The van der Waals surface area contributed by atoms with E-state index in [-0.39, 0.29) is 12.3 Å². The molecule has 0 spiro atoms. The summed E-state index contributed by atoms with van der Waals surface area (Å²) in [6.45, 7) is 0. The zero-order valence-electron chi connectivity index (χ0n) is 9.13. The van der Waals surface area contributed by atoms with Crippen LogP contribution in [0.15, 0.2) is 54.3 Å².